The number of hydrogen-bond acceptors (Lipinski definition) is 7. The van der Waals surface area contributed by atoms with Crippen LogP contribution in [-0.2, 0) is 4.79 Å². The van der Waals surface area contributed by atoms with Crippen LogP contribution in [0.15, 0.2) is 53.4 Å². The van der Waals surface area contributed by atoms with E-state index in [-0.39, 0.29) is 11.8 Å². The van der Waals surface area contributed by atoms with Crippen molar-refractivity contribution in [2.75, 3.05) is 38.2 Å². The summed E-state index contributed by atoms with van der Waals surface area (Å²) in [5.41, 5.74) is 2.40. The zero-order valence-corrected chi connectivity index (χ0v) is 21.5. The van der Waals surface area contributed by atoms with Gasteiger partial charge >= 0.3 is 6.01 Å². The number of fused-ring (bicyclic) bond motifs is 2. The second-order valence-electron chi connectivity index (χ2n) is 8.23. The maximum Gasteiger partial charge on any atom is 0.318 e. The molecule has 0 spiro atoms. The van der Waals surface area contributed by atoms with Crippen LogP contribution in [0.1, 0.15) is 0 Å². The van der Waals surface area contributed by atoms with Gasteiger partial charge in [0, 0.05) is 48.3 Å². The molecule has 2 aromatic carbocycles. The van der Waals surface area contributed by atoms with E-state index in [4.69, 9.17) is 16.3 Å². The Morgan fingerprint density at radius 2 is 1.92 bits per heavy atom. The molecule has 1 aliphatic heterocycles. The van der Waals surface area contributed by atoms with Gasteiger partial charge < -0.3 is 19.6 Å². The highest BCUT2D eigenvalue weighted by Gasteiger charge is 2.27. The predicted molar refractivity (Wildman–Crippen MR) is 140 cm³/mol. The van der Waals surface area contributed by atoms with Gasteiger partial charge in [-0.3, -0.25) is 4.79 Å². The Balaban J connectivity index is 1.62. The third-order valence-corrected chi connectivity index (χ3v) is 7.21. The van der Waals surface area contributed by atoms with Crippen LogP contribution in [0.5, 0.6) is 11.8 Å². The van der Waals surface area contributed by atoms with Crippen LogP contribution in [0.2, 0.25) is 5.02 Å². The van der Waals surface area contributed by atoms with Crippen molar-refractivity contribution >= 4 is 61.1 Å². The maximum absolute atomic E-state index is 13.3. The predicted octanol–water partition coefficient (Wildman–Crippen LogP) is 5.11. The van der Waals surface area contributed by atoms with Gasteiger partial charge in [0.1, 0.15) is 16.8 Å². The van der Waals surface area contributed by atoms with Gasteiger partial charge in [-0.25, -0.2) is 9.37 Å². The van der Waals surface area contributed by atoms with Gasteiger partial charge in [-0.05, 0) is 45.1 Å². The first-order valence-electron chi connectivity index (χ1n) is 11.0. The number of pyridine rings is 1. The molecular formula is C25H20BrClFN5O3. The molecule has 0 saturated carbocycles. The van der Waals surface area contributed by atoms with Crippen molar-refractivity contribution in [1.29, 1.82) is 0 Å². The number of aromatic hydroxyl groups is 1. The lowest BCUT2D eigenvalue weighted by atomic mass is 9.98. The SMILES string of the molecule is C=C(F)C(=O)N1CCN(c2nc(OC)nc3c(Br)c(-c4cc(O)cc5cccc(Cl)c45)cnc23)CC1. The Hall–Kier alpha value is -3.50. The van der Waals surface area contributed by atoms with Gasteiger partial charge in [-0.15, -0.1) is 0 Å². The lowest BCUT2D eigenvalue weighted by Crippen LogP contribution is -2.49. The minimum atomic E-state index is -0.977. The fraction of sp³-hybridized carbons (Fsp3) is 0.200. The second kappa shape index (κ2) is 9.51. The number of ether oxygens (including phenoxy) is 1. The fourth-order valence-electron chi connectivity index (χ4n) is 4.38. The minimum absolute atomic E-state index is 0.0936. The van der Waals surface area contributed by atoms with Gasteiger partial charge in [0.2, 0.25) is 0 Å². The number of rotatable bonds is 4. The molecule has 0 radical (unpaired) electrons. The van der Waals surface area contributed by atoms with Gasteiger partial charge in [0.15, 0.2) is 11.6 Å². The lowest BCUT2D eigenvalue weighted by Gasteiger charge is -2.35. The number of anilines is 1. The topological polar surface area (TPSA) is 91.7 Å². The van der Waals surface area contributed by atoms with E-state index in [9.17, 15) is 14.3 Å². The van der Waals surface area contributed by atoms with Gasteiger partial charge in [-0.2, -0.15) is 9.97 Å². The lowest BCUT2D eigenvalue weighted by molar-refractivity contribution is -0.128. The van der Waals surface area contributed by atoms with Gasteiger partial charge in [0.25, 0.3) is 5.91 Å². The number of methoxy groups -OCH3 is 1. The average molecular weight is 573 g/mol. The summed E-state index contributed by atoms with van der Waals surface area (Å²) < 4.78 is 19.3. The largest absolute Gasteiger partial charge is 0.508 e. The molecule has 1 N–H and O–H groups in total. The van der Waals surface area contributed by atoms with Crippen LogP contribution in [0.4, 0.5) is 10.2 Å². The molecule has 1 amide bonds. The quantitative estimate of drug-likeness (QED) is 0.340. The molecule has 0 aliphatic carbocycles. The Labute approximate surface area is 219 Å². The van der Waals surface area contributed by atoms with Crippen LogP contribution >= 0.6 is 27.5 Å². The first kappa shape index (κ1) is 24.2. The van der Waals surface area contributed by atoms with Crippen molar-refractivity contribution < 1.29 is 19.0 Å². The van der Waals surface area contributed by atoms with Gasteiger partial charge in [-0.1, -0.05) is 30.3 Å². The zero-order chi connectivity index (χ0) is 25.6. The van der Waals surface area contributed by atoms with E-state index in [1.165, 1.54) is 12.0 Å². The zero-order valence-electron chi connectivity index (χ0n) is 19.1. The minimum Gasteiger partial charge on any atom is -0.508 e. The van der Waals surface area contributed by atoms with E-state index in [0.717, 1.165) is 10.8 Å². The molecule has 1 fully saturated rings. The number of hydrogen-bond donors (Lipinski definition) is 1. The molecule has 0 unspecified atom stereocenters. The summed E-state index contributed by atoms with van der Waals surface area (Å²) >= 11 is 10.2. The molecular weight excluding hydrogens is 553 g/mol. The van der Waals surface area contributed by atoms with Crippen LogP contribution in [-0.4, -0.2) is 64.2 Å². The third-order valence-electron chi connectivity index (χ3n) is 6.09. The van der Waals surface area contributed by atoms with E-state index in [0.29, 0.717) is 63.7 Å². The number of amides is 1. The standard InChI is InChI=1S/C25H20BrClFN5O3/c1-13(28)24(35)33-8-6-32(7-9-33)23-22-21(30-25(31-23)36-2)20(26)17(12-29-22)16-11-15(34)10-14-4-3-5-18(27)19(14)16/h3-5,10-12,34H,1,6-9H2,2H3. The number of nitrogens with zero attached hydrogens (tertiary/aromatic N) is 5. The Morgan fingerprint density at radius 3 is 2.61 bits per heavy atom. The summed E-state index contributed by atoms with van der Waals surface area (Å²) in [5.74, 6) is -1.05. The highest BCUT2D eigenvalue weighted by Crippen LogP contribution is 2.42. The van der Waals surface area contributed by atoms with Crippen molar-refractivity contribution in [3.63, 3.8) is 0 Å². The summed E-state index contributed by atoms with van der Waals surface area (Å²) in [6.45, 7) is 4.55. The number of halogens is 3. The molecule has 4 aromatic rings. The highest BCUT2D eigenvalue weighted by atomic mass is 79.9. The Kier molecular flexibility index (Phi) is 6.40. The molecule has 0 atom stereocenters. The van der Waals surface area contributed by atoms with Gasteiger partial charge in [0.05, 0.1) is 11.6 Å². The smallest absolute Gasteiger partial charge is 0.318 e. The summed E-state index contributed by atoms with van der Waals surface area (Å²) in [7, 11) is 1.47. The molecule has 1 aliphatic rings. The number of benzene rings is 2. The molecule has 11 heteroatoms. The maximum atomic E-state index is 13.3. The Bertz CT molecular complexity index is 1540. The molecule has 3 heterocycles. The fourth-order valence-corrected chi connectivity index (χ4v) is 5.26. The number of piperazine rings is 1. The van der Waals surface area contributed by atoms with Crippen molar-refractivity contribution in [3.8, 4) is 22.9 Å². The van der Waals surface area contributed by atoms with E-state index < -0.39 is 11.7 Å². The van der Waals surface area contributed by atoms with Crippen LogP contribution in [0, 0.1) is 0 Å². The number of phenols is 1. The van der Waals surface area contributed by atoms with Crippen molar-refractivity contribution in [1.82, 2.24) is 19.9 Å². The van der Waals surface area contributed by atoms with Crippen LogP contribution in [0.25, 0.3) is 32.9 Å². The molecule has 184 valence electrons. The number of carbonyl (C=O) groups is 1. The number of aromatic nitrogens is 3. The van der Waals surface area contributed by atoms with Crippen molar-refractivity contribution in [2.24, 2.45) is 0 Å². The van der Waals surface area contributed by atoms with E-state index in [1.54, 1.807) is 24.4 Å². The second-order valence-corrected chi connectivity index (χ2v) is 9.43. The van der Waals surface area contributed by atoms with E-state index in [1.807, 2.05) is 17.0 Å². The average Bonchev–Trinajstić information content (AvgIpc) is 2.87. The summed E-state index contributed by atoms with van der Waals surface area (Å²) in [4.78, 5) is 29.1. The number of phenolic OH excluding ortho intramolecular Hbond substituents is 1. The van der Waals surface area contributed by atoms with Crippen molar-refractivity contribution in [2.45, 2.75) is 0 Å². The summed E-state index contributed by atoms with van der Waals surface area (Å²) in [6.07, 6.45) is 1.68. The molecule has 8 nitrogen and oxygen atoms in total. The van der Waals surface area contributed by atoms with Crippen LogP contribution < -0.4 is 9.64 Å². The summed E-state index contributed by atoms with van der Waals surface area (Å²) in [5, 5.41) is 12.5. The highest BCUT2D eigenvalue weighted by molar-refractivity contribution is 9.10. The first-order valence-corrected chi connectivity index (χ1v) is 12.2. The van der Waals surface area contributed by atoms with E-state index in [2.05, 4.69) is 37.5 Å². The monoisotopic (exact) mass is 571 g/mol. The number of carbonyl (C=O) groups excluding carboxylic acids is 1. The van der Waals surface area contributed by atoms with E-state index >= 15 is 0 Å². The molecule has 2 aromatic heterocycles. The van der Waals surface area contributed by atoms with Crippen LogP contribution in [0.3, 0.4) is 0 Å². The molecule has 5 rings (SSSR count). The molecule has 36 heavy (non-hydrogen) atoms. The molecule has 0 bridgehead atoms. The normalized spacial score (nSPS) is 13.9. The summed E-state index contributed by atoms with van der Waals surface area (Å²) in [6, 6.07) is 8.92. The third kappa shape index (κ3) is 4.20. The first-order chi connectivity index (χ1) is 17.3. The Morgan fingerprint density at radius 1 is 1.17 bits per heavy atom. The molecule has 1 saturated heterocycles. The van der Waals surface area contributed by atoms with Crippen molar-refractivity contribution in [3.05, 3.63) is 58.4 Å².